The van der Waals surface area contributed by atoms with Gasteiger partial charge in [-0.1, -0.05) is 30.3 Å². The van der Waals surface area contributed by atoms with Gasteiger partial charge in [-0.3, -0.25) is 4.79 Å². The van der Waals surface area contributed by atoms with Crippen LogP contribution in [0.25, 0.3) is 0 Å². The van der Waals surface area contributed by atoms with E-state index >= 15 is 0 Å². The third kappa shape index (κ3) is 3.25. The van der Waals surface area contributed by atoms with Crippen LogP contribution in [0.15, 0.2) is 48.5 Å². The zero-order valence-corrected chi connectivity index (χ0v) is 13.7. The number of halogens is 1. The van der Waals surface area contributed by atoms with Crippen LogP contribution in [0.5, 0.6) is 0 Å². The monoisotopic (exact) mass is 316 g/mol. The van der Waals surface area contributed by atoms with Gasteiger partial charge in [0.2, 0.25) is 0 Å². The molecule has 116 valence electrons. The van der Waals surface area contributed by atoms with E-state index in [1.807, 2.05) is 62.4 Å². The minimum Gasteiger partial charge on any atom is -0.384 e. The first-order valence-corrected chi connectivity index (χ1v) is 7.31. The fourth-order valence-electron chi connectivity index (χ4n) is 2.73. The number of hydrogen-bond acceptors (Lipinski definition) is 2. The zero-order valence-electron chi connectivity index (χ0n) is 12.8. The van der Waals surface area contributed by atoms with Gasteiger partial charge in [0.05, 0.1) is 5.54 Å². The van der Waals surface area contributed by atoms with Gasteiger partial charge in [0, 0.05) is 17.8 Å². The first kappa shape index (κ1) is 16.4. The fourth-order valence-corrected chi connectivity index (χ4v) is 2.73. The second kappa shape index (κ2) is 6.41. The molecule has 0 radical (unpaired) electrons. The number of amides is 1. The quantitative estimate of drug-likeness (QED) is 0.905. The number of nitrogens with one attached hydrogen (secondary N) is 2. The Morgan fingerprint density at radius 1 is 1.14 bits per heavy atom. The van der Waals surface area contributed by atoms with Gasteiger partial charge in [-0.15, -0.1) is 12.4 Å². The van der Waals surface area contributed by atoms with Crippen molar-refractivity contribution in [2.75, 3.05) is 11.9 Å². The molecule has 0 aliphatic carbocycles. The fraction of sp³-hybridized carbons (Fsp3) is 0.278. The molecule has 0 bridgehead atoms. The smallest absolute Gasteiger partial charge is 0.251 e. The topological polar surface area (TPSA) is 41.1 Å². The average Bonchev–Trinajstić information content (AvgIpc) is 2.95. The summed E-state index contributed by atoms with van der Waals surface area (Å²) in [5.41, 5.74) is 3.80. The van der Waals surface area contributed by atoms with Crippen LogP contribution in [-0.2, 0) is 12.0 Å². The molecule has 0 atom stereocenters. The second-order valence-corrected chi connectivity index (χ2v) is 5.99. The van der Waals surface area contributed by atoms with E-state index in [1.54, 1.807) is 0 Å². The van der Waals surface area contributed by atoms with Crippen molar-refractivity contribution in [1.82, 2.24) is 5.32 Å². The summed E-state index contributed by atoms with van der Waals surface area (Å²) in [7, 11) is 0. The molecule has 1 amide bonds. The van der Waals surface area contributed by atoms with Crippen LogP contribution in [0.3, 0.4) is 0 Å². The number of rotatable bonds is 3. The minimum atomic E-state index is -0.393. The first-order valence-electron chi connectivity index (χ1n) is 7.31. The maximum atomic E-state index is 12.5. The molecule has 3 rings (SSSR count). The van der Waals surface area contributed by atoms with E-state index in [9.17, 15) is 4.79 Å². The average molecular weight is 317 g/mol. The summed E-state index contributed by atoms with van der Waals surface area (Å²) in [6.45, 7) is 5.00. The lowest BCUT2D eigenvalue weighted by molar-refractivity contribution is 0.0912. The lowest BCUT2D eigenvalue weighted by Crippen LogP contribution is -2.40. The van der Waals surface area contributed by atoms with E-state index in [2.05, 4.69) is 10.6 Å². The Hall–Kier alpha value is -2.00. The summed E-state index contributed by atoms with van der Waals surface area (Å²) in [4.78, 5) is 12.5. The van der Waals surface area contributed by atoms with E-state index in [1.165, 1.54) is 5.56 Å². The lowest BCUT2D eigenvalue weighted by Gasteiger charge is -2.27. The van der Waals surface area contributed by atoms with Crippen LogP contribution in [0.4, 0.5) is 5.69 Å². The first-order chi connectivity index (χ1) is 10.1. The Balaban J connectivity index is 0.00000176. The summed E-state index contributed by atoms with van der Waals surface area (Å²) in [5, 5.41) is 6.43. The van der Waals surface area contributed by atoms with E-state index in [0.717, 1.165) is 29.8 Å². The molecule has 0 saturated heterocycles. The normalized spacial score (nSPS) is 12.8. The molecule has 0 saturated carbocycles. The molecule has 0 spiro atoms. The molecule has 0 fully saturated rings. The molecule has 4 heteroatoms. The summed E-state index contributed by atoms with van der Waals surface area (Å²) in [6, 6.07) is 15.9. The Labute approximate surface area is 137 Å². The molecule has 2 N–H and O–H groups in total. The molecule has 1 heterocycles. The van der Waals surface area contributed by atoms with Gasteiger partial charge in [0.15, 0.2) is 0 Å². The SMILES string of the molecule is CC(C)(NC(=O)c1ccc2c(c1)CCN2)c1ccccc1.Cl. The molecule has 1 aliphatic heterocycles. The van der Waals surface area contributed by atoms with E-state index < -0.39 is 5.54 Å². The predicted molar refractivity (Wildman–Crippen MR) is 92.8 cm³/mol. The number of benzene rings is 2. The molecular formula is C18H21ClN2O. The van der Waals surface area contributed by atoms with Crippen molar-refractivity contribution in [3.8, 4) is 0 Å². The third-order valence-electron chi connectivity index (χ3n) is 4.00. The number of anilines is 1. The Morgan fingerprint density at radius 3 is 2.59 bits per heavy atom. The van der Waals surface area contributed by atoms with Crippen molar-refractivity contribution in [2.45, 2.75) is 25.8 Å². The van der Waals surface area contributed by atoms with Gasteiger partial charge in [-0.2, -0.15) is 0 Å². The van der Waals surface area contributed by atoms with Crippen LogP contribution in [0.1, 0.15) is 35.3 Å². The summed E-state index contributed by atoms with van der Waals surface area (Å²) in [5.74, 6) is -0.0291. The van der Waals surface area contributed by atoms with E-state index in [4.69, 9.17) is 0 Å². The lowest BCUT2D eigenvalue weighted by atomic mass is 9.94. The van der Waals surface area contributed by atoms with E-state index in [-0.39, 0.29) is 18.3 Å². The van der Waals surface area contributed by atoms with Gasteiger partial charge < -0.3 is 10.6 Å². The van der Waals surface area contributed by atoms with Crippen LogP contribution < -0.4 is 10.6 Å². The highest BCUT2D eigenvalue weighted by Gasteiger charge is 2.23. The number of hydrogen-bond donors (Lipinski definition) is 2. The standard InChI is InChI=1S/C18H20N2O.ClH/c1-18(2,15-6-4-3-5-7-15)20-17(21)14-8-9-16-13(12-14)10-11-19-16;/h3-9,12,19H,10-11H2,1-2H3,(H,20,21);1H. The number of carbonyl (C=O) groups is 1. The van der Waals surface area contributed by atoms with E-state index in [0.29, 0.717) is 0 Å². The van der Waals surface area contributed by atoms with Gasteiger partial charge in [-0.25, -0.2) is 0 Å². The molecule has 2 aromatic rings. The largest absolute Gasteiger partial charge is 0.384 e. The van der Waals surface area contributed by atoms with Crippen LogP contribution >= 0.6 is 12.4 Å². The predicted octanol–water partition coefficient (Wildman–Crippen LogP) is 3.74. The summed E-state index contributed by atoms with van der Waals surface area (Å²) >= 11 is 0. The highest BCUT2D eigenvalue weighted by molar-refractivity contribution is 5.95. The third-order valence-corrected chi connectivity index (χ3v) is 4.00. The highest BCUT2D eigenvalue weighted by atomic mass is 35.5. The molecule has 0 unspecified atom stereocenters. The van der Waals surface area contributed by atoms with Crippen LogP contribution in [-0.4, -0.2) is 12.5 Å². The molecule has 3 nitrogen and oxygen atoms in total. The van der Waals surface area contributed by atoms with Crippen molar-refractivity contribution in [1.29, 1.82) is 0 Å². The zero-order chi connectivity index (χ0) is 14.9. The van der Waals surface area contributed by atoms with Crippen LogP contribution in [0, 0.1) is 0 Å². The number of fused-ring (bicyclic) bond motifs is 1. The molecule has 1 aliphatic rings. The maximum absolute atomic E-state index is 12.5. The summed E-state index contributed by atoms with van der Waals surface area (Å²) in [6.07, 6.45) is 0.985. The van der Waals surface area contributed by atoms with Gasteiger partial charge in [-0.05, 0) is 49.6 Å². The Bertz CT molecular complexity index is 668. The Morgan fingerprint density at radius 2 is 1.86 bits per heavy atom. The van der Waals surface area contributed by atoms with Gasteiger partial charge in [0.1, 0.15) is 0 Å². The van der Waals surface area contributed by atoms with Crippen LogP contribution in [0.2, 0.25) is 0 Å². The maximum Gasteiger partial charge on any atom is 0.251 e. The molecule has 0 aromatic heterocycles. The molecule has 22 heavy (non-hydrogen) atoms. The Kier molecular flexibility index (Phi) is 4.77. The molecular weight excluding hydrogens is 296 g/mol. The molecule has 2 aromatic carbocycles. The van der Waals surface area contributed by atoms with Crippen molar-refractivity contribution in [2.24, 2.45) is 0 Å². The number of carbonyl (C=O) groups excluding carboxylic acids is 1. The minimum absolute atomic E-state index is 0. The van der Waals surface area contributed by atoms with Crippen molar-refractivity contribution >= 4 is 24.0 Å². The van der Waals surface area contributed by atoms with Crippen molar-refractivity contribution in [3.63, 3.8) is 0 Å². The highest BCUT2D eigenvalue weighted by Crippen LogP contribution is 2.24. The van der Waals surface area contributed by atoms with Gasteiger partial charge in [0.25, 0.3) is 5.91 Å². The second-order valence-electron chi connectivity index (χ2n) is 5.99. The van der Waals surface area contributed by atoms with Crippen molar-refractivity contribution in [3.05, 3.63) is 65.2 Å². The summed E-state index contributed by atoms with van der Waals surface area (Å²) < 4.78 is 0. The van der Waals surface area contributed by atoms with Gasteiger partial charge >= 0.3 is 0 Å². The van der Waals surface area contributed by atoms with Crippen molar-refractivity contribution < 1.29 is 4.79 Å².